The molecule has 0 aliphatic carbocycles. The van der Waals surface area contributed by atoms with Crippen molar-refractivity contribution in [2.75, 3.05) is 11.4 Å². The van der Waals surface area contributed by atoms with Gasteiger partial charge < -0.3 is 14.2 Å². The number of aromatic nitrogens is 4. The van der Waals surface area contributed by atoms with Crippen molar-refractivity contribution in [1.82, 2.24) is 19.1 Å². The van der Waals surface area contributed by atoms with E-state index in [0.29, 0.717) is 36.6 Å². The molecule has 1 amide bonds. The zero-order valence-corrected chi connectivity index (χ0v) is 20.7. The van der Waals surface area contributed by atoms with Crippen LogP contribution in [0, 0.1) is 18.7 Å². The summed E-state index contributed by atoms with van der Waals surface area (Å²) < 4.78 is 22.6. The fourth-order valence-electron chi connectivity index (χ4n) is 4.43. The first-order valence-corrected chi connectivity index (χ1v) is 12.2. The fraction of sp³-hybridized carbons (Fsp3) is 0.480. The zero-order valence-electron chi connectivity index (χ0n) is 20.7. The molecule has 10 nitrogen and oxygen atoms in total. The number of carbonyl (C=O) groups excluding carboxylic acids is 2. The second-order valence-electron chi connectivity index (χ2n) is 9.06. The van der Waals surface area contributed by atoms with Crippen molar-refractivity contribution < 1.29 is 18.7 Å². The average molecular weight is 500 g/mol. The number of esters is 1. The van der Waals surface area contributed by atoms with Gasteiger partial charge in [-0.05, 0) is 37.5 Å². The van der Waals surface area contributed by atoms with E-state index >= 15 is 0 Å². The number of hydrogen-bond donors (Lipinski definition) is 1. The number of aryl methyl sites for hydroxylation is 3. The third-order valence-electron chi connectivity index (χ3n) is 6.42. The summed E-state index contributed by atoms with van der Waals surface area (Å²) in [5.74, 6) is -1.65. The molecule has 0 radical (unpaired) electrons. The number of nitrogens with zero attached hydrogens (tertiary/aromatic N) is 4. The van der Waals surface area contributed by atoms with Crippen molar-refractivity contribution in [2.45, 2.75) is 66.2 Å². The molecule has 192 valence electrons. The van der Waals surface area contributed by atoms with E-state index in [1.807, 2.05) is 13.8 Å². The number of carbonyl (C=O) groups is 2. The van der Waals surface area contributed by atoms with Gasteiger partial charge in [0.15, 0.2) is 11.2 Å². The number of halogens is 1. The summed E-state index contributed by atoms with van der Waals surface area (Å²) in [4.78, 5) is 58.6. The maximum Gasteiger partial charge on any atom is 0.330 e. The number of rotatable bonds is 9. The summed E-state index contributed by atoms with van der Waals surface area (Å²) in [6, 6.07) is 4.51. The van der Waals surface area contributed by atoms with Crippen LogP contribution in [0.15, 0.2) is 27.8 Å². The van der Waals surface area contributed by atoms with Crippen molar-refractivity contribution in [2.24, 2.45) is 5.92 Å². The molecular weight excluding hydrogens is 469 g/mol. The Morgan fingerprint density at radius 1 is 1.17 bits per heavy atom. The molecule has 0 bridgehead atoms. The Morgan fingerprint density at radius 2 is 1.94 bits per heavy atom. The van der Waals surface area contributed by atoms with Gasteiger partial charge in [0.05, 0.1) is 5.92 Å². The Balaban J connectivity index is 1.55. The smallest absolute Gasteiger partial charge is 0.330 e. The minimum absolute atomic E-state index is 0.0457. The maximum absolute atomic E-state index is 14.0. The monoisotopic (exact) mass is 499 g/mol. The Kier molecular flexibility index (Phi) is 7.37. The molecule has 1 aliphatic rings. The van der Waals surface area contributed by atoms with Crippen LogP contribution < -0.4 is 16.1 Å². The lowest BCUT2D eigenvalue weighted by molar-refractivity contribution is -0.150. The van der Waals surface area contributed by atoms with Crippen molar-refractivity contribution in [3.63, 3.8) is 0 Å². The molecule has 1 N–H and O–H groups in total. The van der Waals surface area contributed by atoms with Crippen molar-refractivity contribution >= 4 is 28.7 Å². The number of hydrogen-bond acceptors (Lipinski definition) is 6. The normalized spacial score (nSPS) is 15.7. The number of benzene rings is 1. The molecule has 11 heteroatoms. The lowest BCUT2D eigenvalue weighted by Gasteiger charge is -2.17. The average Bonchev–Trinajstić information content (AvgIpc) is 3.40. The van der Waals surface area contributed by atoms with E-state index < -0.39 is 29.0 Å². The minimum atomic E-state index is -0.711. The van der Waals surface area contributed by atoms with Crippen LogP contribution in [0.2, 0.25) is 0 Å². The number of amides is 1. The van der Waals surface area contributed by atoms with Crippen LogP contribution in [0.5, 0.6) is 0 Å². The van der Waals surface area contributed by atoms with Crippen molar-refractivity contribution in [1.29, 1.82) is 0 Å². The second kappa shape index (κ2) is 10.5. The van der Waals surface area contributed by atoms with E-state index in [4.69, 9.17) is 4.74 Å². The summed E-state index contributed by atoms with van der Waals surface area (Å²) in [5, 5.41) is 0. The lowest BCUT2D eigenvalue weighted by atomic mass is 10.1. The van der Waals surface area contributed by atoms with Gasteiger partial charge in [0.1, 0.15) is 18.2 Å². The summed E-state index contributed by atoms with van der Waals surface area (Å²) in [5.41, 5.74) is 0.330. The molecule has 1 aliphatic heterocycles. The van der Waals surface area contributed by atoms with E-state index in [0.717, 1.165) is 12.8 Å². The third-order valence-corrected chi connectivity index (χ3v) is 6.42. The highest BCUT2D eigenvalue weighted by atomic mass is 19.1. The fourth-order valence-corrected chi connectivity index (χ4v) is 4.43. The van der Waals surface area contributed by atoms with Crippen LogP contribution in [-0.2, 0) is 34.0 Å². The van der Waals surface area contributed by atoms with Gasteiger partial charge in [0, 0.05) is 31.7 Å². The quantitative estimate of drug-likeness (QED) is 0.452. The molecule has 2 aromatic heterocycles. The van der Waals surface area contributed by atoms with Gasteiger partial charge in [-0.2, -0.15) is 0 Å². The van der Waals surface area contributed by atoms with Crippen LogP contribution in [0.1, 0.15) is 50.9 Å². The van der Waals surface area contributed by atoms with Crippen molar-refractivity contribution in [3.05, 3.63) is 56.2 Å². The highest BCUT2D eigenvalue weighted by Crippen LogP contribution is 2.27. The molecule has 1 atom stereocenters. The van der Waals surface area contributed by atoms with Gasteiger partial charge in [0.25, 0.3) is 5.56 Å². The summed E-state index contributed by atoms with van der Waals surface area (Å²) in [7, 11) is 0. The number of aromatic amines is 1. The van der Waals surface area contributed by atoms with Gasteiger partial charge in [0.2, 0.25) is 5.91 Å². The Bertz CT molecular complexity index is 1420. The van der Waals surface area contributed by atoms with Crippen LogP contribution in [-0.4, -0.2) is 37.5 Å². The molecule has 3 heterocycles. The number of fused-ring (bicyclic) bond motifs is 1. The highest BCUT2D eigenvalue weighted by Gasteiger charge is 2.36. The van der Waals surface area contributed by atoms with E-state index in [2.05, 4.69) is 9.97 Å². The Hall–Kier alpha value is -3.76. The predicted molar refractivity (Wildman–Crippen MR) is 131 cm³/mol. The maximum atomic E-state index is 14.0. The lowest BCUT2D eigenvalue weighted by Crippen LogP contribution is -2.31. The molecule has 1 aromatic carbocycles. The predicted octanol–water partition coefficient (Wildman–Crippen LogP) is 2.64. The molecule has 1 fully saturated rings. The van der Waals surface area contributed by atoms with Crippen LogP contribution in [0.3, 0.4) is 0 Å². The molecule has 0 saturated carbocycles. The van der Waals surface area contributed by atoms with E-state index in [1.165, 1.54) is 15.5 Å². The van der Waals surface area contributed by atoms with Crippen molar-refractivity contribution in [3.8, 4) is 0 Å². The summed E-state index contributed by atoms with van der Waals surface area (Å²) in [6.07, 6.45) is 2.25. The van der Waals surface area contributed by atoms with Gasteiger partial charge in [-0.3, -0.25) is 23.9 Å². The van der Waals surface area contributed by atoms with E-state index in [1.54, 1.807) is 23.6 Å². The number of nitrogens with one attached hydrogen (secondary N) is 1. The van der Waals surface area contributed by atoms with Gasteiger partial charge in [-0.15, -0.1) is 0 Å². The number of ether oxygens (including phenoxy) is 1. The second-order valence-corrected chi connectivity index (χ2v) is 9.06. The number of unbranched alkanes of at least 4 members (excludes halogenated alkanes) is 1. The largest absolute Gasteiger partial charge is 0.457 e. The molecule has 1 saturated heterocycles. The van der Waals surface area contributed by atoms with Crippen LogP contribution in [0.25, 0.3) is 11.2 Å². The van der Waals surface area contributed by atoms with Crippen LogP contribution >= 0.6 is 0 Å². The number of anilines is 1. The van der Waals surface area contributed by atoms with Gasteiger partial charge >= 0.3 is 11.7 Å². The molecule has 0 unspecified atom stereocenters. The molecular formula is C25H30FN5O5. The third kappa shape index (κ3) is 4.82. The highest BCUT2D eigenvalue weighted by molar-refractivity contribution is 5.99. The molecule has 3 aromatic rings. The van der Waals surface area contributed by atoms with Crippen LogP contribution in [0.4, 0.5) is 10.1 Å². The van der Waals surface area contributed by atoms with E-state index in [9.17, 15) is 23.6 Å². The number of H-pyrrole nitrogens is 1. The zero-order chi connectivity index (χ0) is 26.0. The first-order chi connectivity index (χ1) is 17.2. The molecule has 4 rings (SSSR count). The topological polar surface area (TPSA) is 119 Å². The van der Waals surface area contributed by atoms with Gasteiger partial charge in [-0.25, -0.2) is 14.2 Å². The Morgan fingerprint density at radius 3 is 2.64 bits per heavy atom. The minimum Gasteiger partial charge on any atom is -0.457 e. The molecule has 0 spiro atoms. The SMILES string of the molecule is CCCCn1c(=O)[nH]c(=O)c2c1nc(COC(=O)[C@@H]1CC(=O)N(c3ccc(C)c(F)c3)C1)n2CCC. The molecule has 36 heavy (non-hydrogen) atoms. The number of imidazole rings is 1. The summed E-state index contributed by atoms with van der Waals surface area (Å²) >= 11 is 0. The van der Waals surface area contributed by atoms with Gasteiger partial charge in [-0.1, -0.05) is 26.3 Å². The standard InChI is InChI=1S/C25H30FN5O5/c1-4-6-10-30-22-21(23(33)28-25(30)35)29(9-5-2)19(27-22)14-36-24(34)16-11-20(32)31(13-16)17-8-7-15(3)18(26)12-17/h7-8,12,16H,4-6,9-11,13-14H2,1-3H3,(H,28,33,35)/t16-/m1/s1. The first-order valence-electron chi connectivity index (χ1n) is 12.2. The Labute approximate surface area is 206 Å². The summed E-state index contributed by atoms with van der Waals surface area (Å²) in [6.45, 7) is 6.31. The van der Waals surface area contributed by atoms with E-state index in [-0.39, 0.29) is 36.6 Å². The first kappa shape index (κ1) is 25.3.